The maximum absolute atomic E-state index is 12.2. The number of piperidine rings is 1. The van der Waals surface area contributed by atoms with Gasteiger partial charge in [0.1, 0.15) is 5.75 Å². The van der Waals surface area contributed by atoms with E-state index < -0.39 is 6.10 Å². The van der Waals surface area contributed by atoms with Crippen molar-refractivity contribution in [3.05, 3.63) is 53.9 Å². The molecule has 7 nitrogen and oxygen atoms in total. The molecule has 0 radical (unpaired) electrons. The summed E-state index contributed by atoms with van der Waals surface area (Å²) in [6.07, 6.45) is 11.1. The molecule has 35 heavy (non-hydrogen) atoms. The average Bonchev–Trinajstić information content (AvgIpc) is 2.91. The maximum atomic E-state index is 12.2. The third-order valence-corrected chi connectivity index (χ3v) is 7.06. The highest BCUT2D eigenvalue weighted by molar-refractivity contribution is 5.80. The van der Waals surface area contributed by atoms with Crippen LogP contribution in [0.2, 0.25) is 0 Å². The quantitative estimate of drug-likeness (QED) is 0.566. The first-order chi connectivity index (χ1) is 17.0. The number of allylic oxidation sites excluding steroid dienone is 2. The summed E-state index contributed by atoms with van der Waals surface area (Å²) in [6.45, 7) is 6.76. The van der Waals surface area contributed by atoms with Crippen LogP contribution in [-0.2, 0) is 11.2 Å². The van der Waals surface area contributed by atoms with Crippen LogP contribution in [0.1, 0.15) is 57.1 Å². The van der Waals surface area contributed by atoms with Crippen LogP contribution in [-0.4, -0.2) is 53.3 Å². The molecule has 2 atom stereocenters. The van der Waals surface area contributed by atoms with Gasteiger partial charge in [0.15, 0.2) is 0 Å². The normalized spacial score (nSPS) is 19.7. The number of aryl methyl sites for hydroxylation is 1. The number of aliphatic hydroxyl groups is 1. The smallest absolute Gasteiger partial charge is 0.225 e. The van der Waals surface area contributed by atoms with Gasteiger partial charge in [-0.1, -0.05) is 25.1 Å². The number of benzene rings is 1. The summed E-state index contributed by atoms with van der Waals surface area (Å²) in [5.74, 6) is 2.31. The third kappa shape index (κ3) is 7.04. The molecule has 1 aliphatic carbocycles. The van der Waals surface area contributed by atoms with Gasteiger partial charge < -0.3 is 20.1 Å². The van der Waals surface area contributed by atoms with Gasteiger partial charge in [-0.3, -0.25) is 4.79 Å². The van der Waals surface area contributed by atoms with Crippen molar-refractivity contribution in [1.29, 1.82) is 0 Å². The highest BCUT2D eigenvalue weighted by atomic mass is 16.5. The van der Waals surface area contributed by atoms with Crippen LogP contribution in [0.3, 0.4) is 0 Å². The van der Waals surface area contributed by atoms with E-state index in [4.69, 9.17) is 4.74 Å². The number of amides is 1. The van der Waals surface area contributed by atoms with Gasteiger partial charge in [0.05, 0.1) is 12.7 Å². The highest BCUT2D eigenvalue weighted by Gasteiger charge is 2.23. The standard InChI is InChI=1S/C28H38N4O3/c1-3-21-17-30-28(31-18-21)32-14-12-22(13-15-32)19-35-26-10-8-24(9-11-26)23-4-6-25(7-5-23)27(34)29-16-20(2)33/h4,8-11,17-18,20,22,25,33H,3,5-7,12-16,19H2,1-2H3,(H,29,34)/t20?,25-/m1/s1. The summed E-state index contributed by atoms with van der Waals surface area (Å²) in [5.41, 5.74) is 3.66. The van der Waals surface area contributed by atoms with Gasteiger partial charge in [0, 0.05) is 37.9 Å². The average molecular weight is 479 g/mol. The fourth-order valence-corrected chi connectivity index (χ4v) is 4.70. The van der Waals surface area contributed by atoms with Crippen LogP contribution in [0.5, 0.6) is 5.75 Å². The Bertz CT molecular complexity index is 980. The van der Waals surface area contributed by atoms with E-state index >= 15 is 0 Å². The molecule has 1 aromatic heterocycles. The number of hydrogen-bond acceptors (Lipinski definition) is 6. The number of nitrogens with zero attached hydrogens (tertiary/aromatic N) is 3. The van der Waals surface area contributed by atoms with Crippen LogP contribution in [0.4, 0.5) is 5.95 Å². The summed E-state index contributed by atoms with van der Waals surface area (Å²) >= 11 is 0. The van der Waals surface area contributed by atoms with E-state index in [0.717, 1.165) is 69.9 Å². The Kier molecular flexibility index (Phi) is 8.74. The zero-order valence-corrected chi connectivity index (χ0v) is 20.9. The molecule has 188 valence electrons. The van der Waals surface area contributed by atoms with E-state index in [-0.39, 0.29) is 11.8 Å². The highest BCUT2D eigenvalue weighted by Crippen LogP contribution is 2.31. The number of nitrogens with one attached hydrogen (secondary N) is 1. The number of hydrogen-bond donors (Lipinski definition) is 2. The summed E-state index contributed by atoms with van der Waals surface area (Å²) in [7, 11) is 0. The number of aliphatic hydroxyl groups excluding tert-OH is 1. The fourth-order valence-electron chi connectivity index (χ4n) is 4.70. The SMILES string of the molecule is CCc1cnc(N2CCC(COc3ccc(C4=CC[C@@H](C(=O)NCC(C)O)CC4)cc3)CC2)nc1. The molecule has 0 saturated carbocycles. The summed E-state index contributed by atoms with van der Waals surface area (Å²) < 4.78 is 6.11. The predicted molar refractivity (Wildman–Crippen MR) is 138 cm³/mol. The van der Waals surface area contributed by atoms with Crippen molar-refractivity contribution < 1.29 is 14.6 Å². The lowest BCUT2D eigenvalue weighted by molar-refractivity contribution is -0.125. The first-order valence-electron chi connectivity index (χ1n) is 13.0. The molecule has 4 rings (SSSR count). The lowest BCUT2D eigenvalue weighted by Gasteiger charge is -2.31. The second-order valence-corrected chi connectivity index (χ2v) is 9.81. The van der Waals surface area contributed by atoms with Crippen LogP contribution in [0, 0.1) is 11.8 Å². The predicted octanol–water partition coefficient (Wildman–Crippen LogP) is 4.01. The minimum atomic E-state index is -0.514. The molecular weight excluding hydrogens is 440 g/mol. The summed E-state index contributed by atoms with van der Waals surface area (Å²) in [6, 6.07) is 8.34. The lowest BCUT2D eigenvalue weighted by Crippen LogP contribution is -2.36. The van der Waals surface area contributed by atoms with Gasteiger partial charge in [0.2, 0.25) is 11.9 Å². The van der Waals surface area contributed by atoms with E-state index in [2.05, 4.69) is 57.4 Å². The molecule has 0 bridgehead atoms. The molecule has 0 spiro atoms. The Balaban J connectivity index is 1.20. The Morgan fingerprint density at radius 2 is 1.89 bits per heavy atom. The van der Waals surface area contributed by atoms with Gasteiger partial charge >= 0.3 is 0 Å². The van der Waals surface area contributed by atoms with Crippen molar-refractivity contribution in [2.24, 2.45) is 11.8 Å². The molecule has 1 aliphatic heterocycles. The zero-order valence-electron chi connectivity index (χ0n) is 20.9. The molecule has 1 amide bonds. The second-order valence-electron chi connectivity index (χ2n) is 9.81. The Morgan fingerprint density at radius 3 is 2.49 bits per heavy atom. The number of ether oxygens (including phenoxy) is 1. The molecule has 2 heterocycles. The molecule has 7 heteroatoms. The molecule has 2 aromatic rings. The van der Waals surface area contributed by atoms with Crippen LogP contribution in [0.15, 0.2) is 42.7 Å². The van der Waals surface area contributed by atoms with Crippen molar-refractivity contribution in [3.63, 3.8) is 0 Å². The summed E-state index contributed by atoms with van der Waals surface area (Å²) in [5, 5.41) is 12.2. The van der Waals surface area contributed by atoms with Crippen molar-refractivity contribution in [3.8, 4) is 5.75 Å². The number of carbonyl (C=O) groups is 1. The number of aromatic nitrogens is 2. The van der Waals surface area contributed by atoms with Crippen molar-refractivity contribution in [2.45, 2.75) is 58.5 Å². The van der Waals surface area contributed by atoms with E-state index in [9.17, 15) is 9.90 Å². The van der Waals surface area contributed by atoms with E-state index in [1.165, 1.54) is 16.7 Å². The first kappa shape index (κ1) is 25.2. The van der Waals surface area contributed by atoms with Gasteiger partial charge in [-0.15, -0.1) is 0 Å². The molecular formula is C28H38N4O3. The molecule has 1 fully saturated rings. The Morgan fingerprint density at radius 1 is 1.17 bits per heavy atom. The Hall–Kier alpha value is -2.93. The van der Waals surface area contributed by atoms with Gasteiger partial charge in [-0.25, -0.2) is 9.97 Å². The molecule has 1 unspecified atom stereocenters. The van der Waals surface area contributed by atoms with Gasteiger partial charge in [-0.05, 0) is 80.2 Å². The topological polar surface area (TPSA) is 87.6 Å². The fraction of sp³-hybridized carbons (Fsp3) is 0.536. The summed E-state index contributed by atoms with van der Waals surface area (Å²) in [4.78, 5) is 23.5. The number of anilines is 1. The van der Waals surface area contributed by atoms with E-state index in [0.29, 0.717) is 12.5 Å². The van der Waals surface area contributed by atoms with Crippen LogP contribution >= 0.6 is 0 Å². The minimum Gasteiger partial charge on any atom is -0.493 e. The lowest BCUT2D eigenvalue weighted by atomic mass is 9.86. The van der Waals surface area contributed by atoms with Gasteiger partial charge in [-0.2, -0.15) is 0 Å². The molecule has 2 aliphatic rings. The van der Waals surface area contributed by atoms with Crippen molar-refractivity contribution in [2.75, 3.05) is 31.1 Å². The largest absolute Gasteiger partial charge is 0.493 e. The second kappa shape index (κ2) is 12.2. The number of carbonyl (C=O) groups excluding carboxylic acids is 1. The van der Waals surface area contributed by atoms with E-state index in [1.807, 2.05) is 12.4 Å². The van der Waals surface area contributed by atoms with Gasteiger partial charge in [0.25, 0.3) is 0 Å². The molecule has 1 saturated heterocycles. The minimum absolute atomic E-state index is 0.00575. The zero-order chi connectivity index (χ0) is 24.6. The molecule has 2 N–H and O–H groups in total. The third-order valence-electron chi connectivity index (χ3n) is 7.06. The van der Waals surface area contributed by atoms with Crippen LogP contribution < -0.4 is 15.0 Å². The van der Waals surface area contributed by atoms with Crippen molar-refractivity contribution in [1.82, 2.24) is 15.3 Å². The number of rotatable bonds is 9. The maximum Gasteiger partial charge on any atom is 0.225 e. The van der Waals surface area contributed by atoms with E-state index in [1.54, 1.807) is 6.92 Å². The Labute approximate surface area is 208 Å². The first-order valence-corrected chi connectivity index (χ1v) is 13.0. The molecule has 1 aromatic carbocycles. The van der Waals surface area contributed by atoms with Crippen LogP contribution in [0.25, 0.3) is 5.57 Å². The monoisotopic (exact) mass is 478 g/mol. The van der Waals surface area contributed by atoms with Crippen molar-refractivity contribution >= 4 is 17.4 Å².